The van der Waals surface area contributed by atoms with Gasteiger partial charge >= 0.3 is 11.9 Å². The number of ether oxygens (including phenoxy) is 2. The first-order valence-corrected chi connectivity index (χ1v) is 9.03. The van der Waals surface area contributed by atoms with Gasteiger partial charge in [-0.15, -0.1) is 23.2 Å². The van der Waals surface area contributed by atoms with Crippen molar-refractivity contribution < 1.29 is 19.1 Å². The Kier molecular flexibility index (Phi) is 13.8. The lowest BCUT2D eigenvalue weighted by Gasteiger charge is -2.14. The molecule has 0 rings (SSSR count). The van der Waals surface area contributed by atoms with Gasteiger partial charge in [0, 0.05) is 0 Å². The van der Waals surface area contributed by atoms with Crippen LogP contribution in [0, 0.1) is 0 Å². The zero-order valence-corrected chi connectivity index (χ0v) is 15.1. The van der Waals surface area contributed by atoms with Gasteiger partial charge in [-0.05, 0) is 12.8 Å². The Balaban J connectivity index is 3.88. The minimum Gasteiger partial charge on any atom is -0.465 e. The van der Waals surface area contributed by atoms with Crippen molar-refractivity contribution in [1.82, 2.24) is 0 Å². The number of halogens is 2. The highest BCUT2D eigenvalue weighted by molar-refractivity contribution is 6.41. The molecule has 0 N–H and O–H groups in total. The normalized spacial score (nSPS) is 13.5. The molecule has 0 bridgehead atoms. The smallest absolute Gasteiger partial charge is 0.326 e. The Labute approximate surface area is 143 Å². The number of hydrogen-bond donors (Lipinski definition) is 0. The quantitative estimate of drug-likeness (QED) is 0.278. The fourth-order valence-corrected chi connectivity index (χ4v) is 2.13. The van der Waals surface area contributed by atoms with Gasteiger partial charge in [-0.25, -0.2) is 0 Å². The fraction of sp³-hybridized carbons (Fsp3) is 0.875. The van der Waals surface area contributed by atoms with E-state index < -0.39 is 22.7 Å². The van der Waals surface area contributed by atoms with Crippen molar-refractivity contribution in [1.29, 1.82) is 0 Å². The van der Waals surface area contributed by atoms with Crippen LogP contribution in [0.1, 0.15) is 65.2 Å². The van der Waals surface area contributed by atoms with Crippen molar-refractivity contribution in [2.75, 3.05) is 13.2 Å². The summed E-state index contributed by atoms with van der Waals surface area (Å²) in [6.07, 6.45) is 8.01. The second-order valence-corrected chi connectivity index (χ2v) is 6.20. The average Bonchev–Trinajstić information content (AvgIpc) is 2.52. The van der Waals surface area contributed by atoms with Gasteiger partial charge in [0.25, 0.3) is 0 Å². The lowest BCUT2D eigenvalue weighted by atomic mass is 10.2. The summed E-state index contributed by atoms with van der Waals surface area (Å²) in [6.45, 7) is 4.81. The molecule has 0 saturated heterocycles. The van der Waals surface area contributed by atoms with Gasteiger partial charge in [-0.3, -0.25) is 9.59 Å². The van der Waals surface area contributed by atoms with Crippen LogP contribution >= 0.6 is 23.2 Å². The summed E-state index contributed by atoms with van der Waals surface area (Å²) in [5, 5.41) is -2.42. The standard InChI is InChI=1S/C16H28Cl2O4/c1-3-5-7-9-11-21-15(19)13(17)14(18)16(20)22-12-10-8-6-4-2/h13-14H,3-12H2,1-2H3. The van der Waals surface area contributed by atoms with E-state index in [1.807, 2.05) is 0 Å². The third-order valence-electron chi connectivity index (χ3n) is 3.19. The van der Waals surface area contributed by atoms with E-state index in [1.54, 1.807) is 0 Å². The van der Waals surface area contributed by atoms with Gasteiger partial charge in [-0.2, -0.15) is 0 Å². The molecule has 4 nitrogen and oxygen atoms in total. The highest BCUT2D eigenvalue weighted by atomic mass is 35.5. The highest BCUT2D eigenvalue weighted by Gasteiger charge is 2.32. The van der Waals surface area contributed by atoms with E-state index in [0.29, 0.717) is 13.2 Å². The zero-order valence-electron chi connectivity index (χ0n) is 13.6. The van der Waals surface area contributed by atoms with Crippen LogP contribution in [-0.2, 0) is 19.1 Å². The summed E-state index contributed by atoms with van der Waals surface area (Å²) in [7, 11) is 0. The van der Waals surface area contributed by atoms with Crippen LogP contribution in [0.2, 0.25) is 0 Å². The van der Waals surface area contributed by atoms with E-state index in [2.05, 4.69) is 13.8 Å². The largest absolute Gasteiger partial charge is 0.465 e. The molecule has 0 radical (unpaired) electrons. The molecule has 6 heteroatoms. The molecule has 0 fully saturated rings. The minimum atomic E-state index is -1.21. The predicted octanol–water partition coefficient (Wildman–Crippen LogP) is 4.45. The summed E-state index contributed by atoms with van der Waals surface area (Å²) in [5.41, 5.74) is 0. The van der Waals surface area contributed by atoms with Crippen molar-refractivity contribution in [3.63, 3.8) is 0 Å². The predicted molar refractivity (Wildman–Crippen MR) is 89.5 cm³/mol. The molecule has 0 aliphatic heterocycles. The number of carbonyl (C=O) groups is 2. The van der Waals surface area contributed by atoms with Crippen LogP contribution in [0.25, 0.3) is 0 Å². The molecule has 22 heavy (non-hydrogen) atoms. The van der Waals surface area contributed by atoms with E-state index in [1.165, 1.54) is 0 Å². The summed E-state index contributed by atoms with van der Waals surface area (Å²) in [6, 6.07) is 0. The second kappa shape index (κ2) is 14.1. The molecule has 0 aliphatic carbocycles. The molecular weight excluding hydrogens is 327 g/mol. The van der Waals surface area contributed by atoms with Crippen LogP contribution in [0.15, 0.2) is 0 Å². The van der Waals surface area contributed by atoms with Crippen LogP contribution < -0.4 is 0 Å². The van der Waals surface area contributed by atoms with Gasteiger partial charge in [0.05, 0.1) is 13.2 Å². The minimum absolute atomic E-state index is 0.303. The fourth-order valence-electron chi connectivity index (χ4n) is 1.80. The second-order valence-electron chi connectivity index (χ2n) is 5.26. The van der Waals surface area contributed by atoms with Crippen LogP contribution in [0.4, 0.5) is 0 Å². The zero-order chi connectivity index (χ0) is 16.8. The Morgan fingerprint density at radius 1 is 0.727 bits per heavy atom. The molecule has 0 amide bonds. The third-order valence-corrected chi connectivity index (χ3v) is 4.18. The number of unbranched alkanes of at least 4 members (excludes halogenated alkanes) is 6. The first kappa shape index (κ1) is 21.5. The van der Waals surface area contributed by atoms with E-state index in [4.69, 9.17) is 32.7 Å². The summed E-state index contributed by atoms with van der Waals surface area (Å²) >= 11 is 11.7. The Morgan fingerprint density at radius 3 is 1.41 bits per heavy atom. The van der Waals surface area contributed by atoms with Gasteiger partial charge in [0.1, 0.15) is 0 Å². The molecule has 0 aliphatic rings. The third kappa shape index (κ3) is 10.3. The maximum Gasteiger partial charge on any atom is 0.326 e. The van der Waals surface area contributed by atoms with Gasteiger partial charge in [-0.1, -0.05) is 52.4 Å². The monoisotopic (exact) mass is 354 g/mol. The van der Waals surface area contributed by atoms with Crippen molar-refractivity contribution >= 4 is 35.1 Å². The maximum atomic E-state index is 11.7. The molecule has 0 spiro atoms. The molecule has 130 valence electrons. The Bertz CT molecular complexity index is 281. The van der Waals surface area contributed by atoms with Crippen molar-refractivity contribution in [3.8, 4) is 0 Å². The molecule has 0 aromatic carbocycles. The van der Waals surface area contributed by atoms with E-state index in [9.17, 15) is 9.59 Å². The number of hydrogen-bond acceptors (Lipinski definition) is 4. The molecular formula is C16H28Cl2O4. The summed E-state index contributed by atoms with van der Waals surface area (Å²) < 4.78 is 10.0. The maximum absolute atomic E-state index is 11.7. The van der Waals surface area contributed by atoms with Crippen molar-refractivity contribution in [3.05, 3.63) is 0 Å². The van der Waals surface area contributed by atoms with Crippen molar-refractivity contribution in [2.45, 2.75) is 76.0 Å². The van der Waals surface area contributed by atoms with Gasteiger partial charge in [0.15, 0.2) is 10.8 Å². The van der Waals surface area contributed by atoms with E-state index in [-0.39, 0.29) is 0 Å². The number of esters is 2. The molecule has 0 aromatic heterocycles. The average molecular weight is 355 g/mol. The number of alkyl halides is 2. The highest BCUT2D eigenvalue weighted by Crippen LogP contribution is 2.15. The van der Waals surface area contributed by atoms with Crippen LogP contribution in [0.5, 0.6) is 0 Å². The first-order valence-electron chi connectivity index (χ1n) is 8.16. The number of rotatable bonds is 13. The van der Waals surface area contributed by atoms with E-state index in [0.717, 1.165) is 51.4 Å². The van der Waals surface area contributed by atoms with Gasteiger partial charge in [0.2, 0.25) is 0 Å². The van der Waals surface area contributed by atoms with Crippen LogP contribution in [-0.4, -0.2) is 35.9 Å². The molecule has 0 saturated carbocycles. The molecule has 0 heterocycles. The summed E-state index contributed by atoms with van der Waals surface area (Å²) in [4.78, 5) is 23.4. The molecule has 2 atom stereocenters. The Hall–Kier alpha value is -0.480. The first-order chi connectivity index (χ1) is 10.5. The Morgan fingerprint density at radius 2 is 1.09 bits per heavy atom. The SMILES string of the molecule is CCCCCCOC(=O)C(Cl)C(Cl)C(=O)OCCCCCC. The summed E-state index contributed by atoms with van der Waals surface area (Å²) in [5.74, 6) is -1.33. The van der Waals surface area contributed by atoms with Crippen molar-refractivity contribution in [2.24, 2.45) is 0 Å². The topological polar surface area (TPSA) is 52.6 Å². The molecule has 0 aromatic rings. The number of carbonyl (C=O) groups excluding carboxylic acids is 2. The van der Waals surface area contributed by atoms with Crippen LogP contribution in [0.3, 0.4) is 0 Å². The lowest BCUT2D eigenvalue weighted by molar-refractivity contribution is -0.149. The lowest BCUT2D eigenvalue weighted by Crippen LogP contribution is -2.34. The molecule has 2 unspecified atom stereocenters. The van der Waals surface area contributed by atoms with E-state index >= 15 is 0 Å². The van der Waals surface area contributed by atoms with Gasteiger partial charge < -0.3 is 9.47 Å².